The summed E-state index contributed by atoms with van der Waals surface area (Å²) in [6.07, 6.45) is 0. The molecule has 0 aliphatic rings. The molecule has 0 bridgehead atoms. The van der Waals surface area contributed by atoms with Crippen LogP contribution in [0.25, 0.3) is 0 Å². The Morgan fingerprint density at radius 3 is 2.61 bits per heavy atom. The number of para-hydroxylation sites is 1. The molecule has 0 aromatic heterocycles. The summed E-state index contributed by atoms with van der Waals surface area (Å²) < 4.78 is 5.11. The molecule has 0 aliphatic carbocycles. The number of hydrogen-bond donors (Lipinski definition) is 3. The zero-order valence-electron chi connectivity index (χ0n) is 9.30. The fraction of sp³-hybridized carbons (Fsp3) is 0.273. The molecule has 3 N–H and O–H groups in total. The van der Waals surface area contributed by atoms with Gasteiger partial charge in [-0.15, -0.1) is 0 Å². The average molecular weight is 274 g/mol. The van der Waals surface area contributed by atoms with Gasteiger partial charge in [-0.05, 0) is 12.1 Å². The molecule has 98 valence electrons. The molecule has 0 saturated heterocycles. The first-order valence-electron chi connectivity index (χ1n) is 5.05. The summed E-state index contributed by atoms with van der Waals surface area (Å²) in [4.78, 5) is 21.9. The Balaban J connectivity index is 2.47. The first-order chi connectivity index (χ1) is 8.54. The fourth-order valence-corrected chi connectivity index (χ4v) is 1.32. The van der Waals surface area contributed by atoms with Gasteiger partial charge >= 0.3 is 5.97 Å². The number of aliphatic hydroxyl groups is 1. The van der Waals surface area contributed by atoms with Crippen LogP contribution in [0.1, 0.15) is 0 Å². The number of benzene rings is 1. The van der Waals surface area contributed by atoms with Crippen LogP contribution in [-0.4, -0.2) is 41.3 Å². The molecule has 0 heterocycles. The molecule has 7 heteroatoms. The number of nitrogens with one attached hydrogen (secondary N) is 1. The van der Waals surface area contributed by atoms with Crippen LogP contribution in [0.3, 0.4) is 0 Å². The lowest BCUT2D eigenvalue weighted by Gasteiger charge is -2.12. The van der Waals surface area contributed by atoms with Crippen LogP contribution in [0.2, 0.25) is 5.02 Å². The molecule has 1 atom stereocenters. The molecule has 1 aromatic rings. The summed E-state index contributed by atoms with van der Waals surface area (Å²) in [5.41, 5.74) is 0. The number of carboxylic acids is 1. The van der Waals surface area contributed by atoms with E-state index in [0.717, 1.165) is 0 Å². The Bertz CT molecular complexity index is 437. The van der Waals surface area contributed by atoms with Gasteiger partial charge in [0, 0.05) is 0 Å². The topological polar surface area (TPSA) is 95.9 Å². The molecule has 0 aliphatic heterocycles. The lowest BCUT2D eigenvalue weighted by molar-refractivity contribution is -0.143. The first-order valence-corrected chi connectivity index (χ1v) is 5.42. The first kappa shape index (κ1) is 14.3. The molecule has 18 heavy (non-hydrogen) atoms. The van der Waals surface area contributed by atoms with E-state index >= 15 is 0 Å². The quantitative estimate of drug-likeness (QED) is 0.692. The second-order valence-electron chi connectivity index (χ2n) is 3.36. The highest BCUT2D eigenvalue weighted by Gasteiger charge is 2.18. The second-order valence-corrected chi connectivity index (χ2v) is 3.77. The Morgan fingerprint density at radius 1 is 1.39 bits per heavy atom. The second kappa shape index (κ2) is 6.83. The number of aliphatic carboxylic acids is 1. The number of aliphatic hydroxyl groups excluding tert-OH is 1. The van der Waals surface area contributed by atoms with Crippen LogP contribution in [0.5, 0.6) is 5.75 Å². The van der Waals surface area contributed by atoms with Crippen LogP contribution in [0.15, 0.2) is 24.3 Å². The normalized spacial score (nSPS) is 11.7. The number of halogens is 1. The highest BCUT2D eigenvalue weighted by Crippen LogP contribution is 2.22. The predicted molar refractivity (Wildman–Crippen MR) is 63.6 cm³/mol. The molecule has 1 rings (SSSR count). The van der Waals surface area contributed by atoms with Crippen LogP contribution in [0, 0.1) is 0 Å². The largest absolute Gasteiger partial charge is 0.482 e. The third kappa shape index (κ3) is 4.23. The van der Waals surface area contributed by atoms with Gasteiger partial charge in [0.1, 0.15) is 11.8 Å². The molecule has 0 fully saturated rings. The third-order valence-electron chi connectivity index (χ3n) is 2.01. The number of ether oxygens (including phenoxy) is 1. The van der Waals surface area contributed by atoms with Gasteiger partial charge in [0.05, 0.1) is 11.6 Å². The number of carbonyl (C=O) groups is 2. The molecular weight excluding hydrogens is 262 g/mol. The third-order valence-corrected chi connectivity index (χ3v) is 2.32. The summed E-state index contributed by atoms with van der Waals surface area (Å²) in [5.74, 6) is -1.65. The molecule has 0 saturated carbocycles. The van der Waals surface area contributed by atoms with Gasteiger partial charge in [0.2, 0.25) is 0 Å². The summed E-state index contributed by atoms with van der Waals surface area (Å²) in [6.45, 7) is -1.07. The maximum Gasteiger partial charge on any atom is 0.328 e. The van der Waals surface area contributed by atoms with Gasteiger partial charge in [-0.25, -0.2) is 4.79 Å². The van der Waals surface area contributed by atoms with Gasteiger partial charge in [-0.1, -0.05) is 23.7 Å². The molecule has 0 spiro atoms. The van der Waals surface area contributed by atoms with Crippen molar-refractivity contribution in [2.24, 2.45) is 0 Å². The van der Waals surface area contributed by atoms with Gasteiger partial charge in [0.15, 0.2) is 6.61 Å². The predicted octanol–water partition coefficient (Wildman–Crippen LogP) is 0.280. The lowest BCUT2D eigenvalue weighted by atomic mass is 10.3. The summed E-state index contributed by atoms with van der Waals surface area (Å²) in [6, 6.07) is 5.24. The van der Waals surface area contributed by atoms with Crippen LogP contribution in [-0.2, 0) is 9.59 Å². The van der Waals surface area contributed by atoms with Crippen molar-refractivity contribution >= 4 is 23.5 Å². The number of carbonyl (C=O) groups excluding carboxylic acids is 1. The van der Waals surface area contributed by atoms with E-state index in [1.54, 1.807) is 24.3 Å². The van der Waals surface area contributed by atoms with E-state index in [0.29, 0.717) is 10.8 Å². The Morgan fingerprint density at radius 2 is 2.06 bits per heavy atom. The van der Waals surface area contributed by atoms with Crippen LogP contribution < -0.4 is 10.1 Å². The average Bonchev–Trinajstić information content (AvgIpc) is 2.34. The highest BCUT2D eigenvalue weighted by molar-refractivity contribution is 6.32. The van der Waals surface area contributed by atoms with Crippen molar-refractivity contribution < 1.29 is 24.5 Å². The van der Waals surface area contributed by atoms with Crippen molar-refractivity contribution in [2.45, 2.75) is 6.04 Å². The van der Waals surface area contributed by atoms with Crippen molar-refractivity contribution in [3.63, 3.8) is 0 Å². The van der Waals surface area contributed by atoms with Gasteiger partial charge in [0.25, 0.3) is 5.91 Å². The number of rotatable bonds is 6. The highest BCUT2D eigenvalue weighted by atomic mass is 35.5. The molecule has 1 amide bonds. The minimum absolute atomic E-state index is 0.324. The van der Waals surface area contributed by atoms with Crippen LogP contribution >= 0.6 is 11.6 Å². The minimum atomic E-state index is -1.34. The molecule has 6 nitrogen and oxygen atoms in total. The smallest absolute Gasteiger partial charge is 0.328 e. The Kier molecular flexibility index (Phi) is 5.41. The van der Waals surface area contributed by atoms with Crippen molar-refractivity contribution in [1.82, 2.24) is 5.32 Å². The molecular formula is C11H12ClNO5. The van der Waals surface area contributed by atoms with E-state index in [1.807, 2.05) is 0 Å². The lowest BCUT2D eigenvalue weighted by Crippen LogP contribution is -2.45. The van der Waals surface area contributed by atoms with Gasteiger partial charge in [-0.2, -0.15) is 0 Å². The van der Waals surface area contributed by atoms with E-state index in [-0.39, 0.29) is 6.61 Å². The van der Waals surface area contributed by atoms with E-state index in [1.165, 1.54) is 0 Å². The van der Waals surface area contributed by atoms with Crippen molar-refractivity contribution in [3.8, 4) is 5.75 Å². The molecule has 1 aromatic carbocycles. The van der Waals surface area contributed by atoms with Gasteiger partial charge in [-0.3, -0.25) is 4.79 Å². The minimum Gasteiger partial charge on any atom is -0.482 e. The fourth-order valence-electron chi connectivity index (χ4n) is 1.13. The monoisotopic (exact) mass is 273 g/mol. The number of carboxylic acid groups (broad SMARTS) is 1. The zero-order valence-corrected chi connectivity index (χ0v) is 10.1. The maximum atomic E-state index is 11.3. The summed E-state index contributed by atoms with van der Waals surface area (Å²) in [5, 5.41) is 19.8. The van der Waals surface area contributed by atoms with Crippen molar-refractivity contribution in [3.05, 3.63) is 29.3 Å². The Hall–Kier alpha value is -1.79. The van der Waals surface area contributed by atoms with Crippen molar-refractivity contribution in [2.75, 3.05) is 13.2 Å². The number of amides is 1. The Labute approximate surface area is 108 Å². The molecule has 0 radical (unpaired) electrons. The van der Waals surface area contributed by atoms with Crippen molar-refractivity contribution in [1.29, 1.82) is 0 Å². The zero-order chi connectivity index (χ0) is 13.5. The number of hydrogen-bond acceptors (Lipinski definition) is 4. The van der Waals surface area contributed by atoms with E-state index < -0.39 is 24.5 Å². The van der Waals surface area contributed by atoms with Crippen LogP contribution in [0.4, 0.5) is 0 Å². The molecule has 0 unspecified atom stereocenters. The standard InChI is InChI=1S/C11H12ClNO5/c12-7-3-1-2-4-9(7)18-6-10(15)13-8(5-14)11(16)17/h1-4,8,14H,5-6H2,(H,13,15)(H,16,17)/t8-/m1/s1. The summed E-state index contributed by atoms with van der Waals surface area (Å²) in [7, 11) is 0. The maximum absolute atomic E-state index is 11.3. The summed E-state index contributed by atoms with van der Waals surface area (Å²) >= 11 is 5.80. The van der Waals surface area contributed by atoms with E-state index in [4.69, 9.17) is 26.6 Å². The van der Waals surface area contributed by atoms with Gasteiger partial charge < -0.3 is 20.3 Å². The SMILES string of the molecule is O=C(COc1ccccc1Cl)N[C@H](CO)C(=O)O. The van der Waals surface area contributed by atoms with E-state index in [2.05, 4.69) is 5.32 Å². The van der Waals surface area contributed by atoms with E-state index in [9.17, 15) is 9.59 Å².